The molecule has 6 heteroatoms. The molecule has 0 fully saturated rings. The van der Waals surface area contributed by atoms with E-state index in [0.717, 1.165) is 17.8 Å². The van der Waals surface area contributed by atoms with Gasteiger partial charge in [-0.25, -0.2) is 4.98 Å². The lowest BCUT2D eigenvalue weighted by Crippen LogP contribution is -2.06. The van der Waals surface area contributed by atoms with Gasteiger partial charge in [0.05, 0.1) is 5.56 Å². The normalized spacial score (nSPS) is 11.6. The maximum atomic E-state index is 12.6. The van der Waals surface area contributed by atoms with Crippen LogP contribution in [0.3, 0.4) is 0 Å². The van der Waals surface area contributed by atoms with E-state index in [0.29, 0.717) is 16.0 Å². The smallest absolute Gasteiger partial charge is 0.347 e. The van der Waals surface area contributed by atoms with E-state index >= 15 is 0 Å². The van der Waals surface area contributed by atoms with Crippen LogP contribution in [-0.4, -0.2) is 9.97 Å². The van der Waals surface area contributed by atoms with E-state index in [-0.39, 0.29) is 6.42 Å². The third kappa shape index (κ3) is 3.64. The molecule has 0 aliphatic heterocycles. The minimum absolute atomic E-state index is 0.287. The van der Waals surface area contributed by atoms with Gasteiger partial charge in [0.25, 0.3) is 0 Å². The van der Waals surface area contributed by atoms with E-state index in [1.807, 2.05) is 6.92 Å². The maximum absolute atomic E-state index is 12.6. The van der Waals surface area contributed by atoms with Gasteiger partial charge in [0.1, 0.15) is 10.5 Å². The van der Waals surface area contributed by atoms with Gasteiger partial charge >= 0.3 is 6.18 Å². The topological polar surface area (TPSA) is 28.7 Å². The maximum Gasteiger partial charge on any atom is 0.416 e. The van der Waals surface area contributed by atoms with E-state index in [9.17, 15) is 13.2 Å². The number of rotatable bonds is 2. The minimum atomic E-state index is -4.33. The molecule has 0 atom stereocenters. The average molecular weight is 284 g/mol. The lowest BCUT2D eigenvalue weighted by Gasteiger charge is -2.08. The van der Waals surface area contributed by atoms with Crippen LogP contribution in [0.25, 0.3) is 0 Å². The Labute approximate surface area is 113 Å². The van der Waals surface area contributed by atoms with Gasteiger partial charge in [-0.05, 0) is 24.6 Å². The summed E-state index contributed by atoms with van der Waals surface area (Å²) in [6.45, 7) is 1.83. The Morgan fingerprint density at radius 3 is 2.63 bits per heavy atom. The zero-order valence-electron chi connectivity index (χ0n) is 10.1. The fourth-order valence-corrected chi connectivity index (χ4v) is 2.06. The first kappa shape index (κ1) is 13.7. The Bertz CT molecular complexity index is 647. The molecular weight excluding hydrogens is 273 g/mol. The molecule has 100 valence electrons. The second-order valence-electron chi connectivity index (χ2n) is 4.22. The summed E-state index contributed by atoms with van der Waals surface area (Å²) in [4.78, 5) is 7.09. The Morgan fingerprint density at radius 1 is 1.26 bits per heavy atom. The van der Waals surface area contributed by atoms with Crippen molar-refractivity contribution in [2.24, 2.45) is 0 Å². The molecule has 0 radical (unpaired) electrons. The average Bonchev–Trinajstić information content (AvgIpc) is 2.26. The van der Waals surface area contributed by atoms with Crippen LogP contribution in [0.2, 0.25) is 0 Å². The third-order valence-electron chi connectivity index (χ3n) is 2.55. The Morgan fingerprint density at radius 2 is 2.00 bits per heavy atom. The molecule has 1 aromatic heterocycles. The molecule has 0 aliphatic carbocycles. The number of nitrogens with one attached hydrogen (secondary N) is 1. The molecule has 1 aromatic carbocycles. The summed E-state index contributed by atoms with van der Waals surface area (Å²) in [6.07, 6.45) is -4.04. The van der Waals surface area contributed by atoms with Gasteiger partial charge in [-0.1, -0.05) is 30.4 Å². The van der Waals surface area contributed by atoms with Crippen molar-refractivity contribution < 1.29 is 13.2 Å². The number of halogens is 3. The van der Waals surface area contributed by atoms with Crippen molar-refractivity contribution >= 4 is 12.2 Å². The van der Waals surface area contributed by atoms with Crippen LogP contribution in [-0.2, 0) is 12.6 Å². The van der Waals surface area contributed by atoms with Gasteiger partial charge in [-0.2, -0.15) is 13.2 Å². The third-order valence-corrected chi connectivity index (χ3v) is 2.76. The van der Waals surface area contributed by atoms with Crippen LogP contribution in [0, 0.1) is 11.6 Å². The Hall–Kier alpha value is -1.69. The zero-order chi connectivity index (χ0) is 14.0. The highest BCUT2D eigenvalue weighted by Crippen LogP contribution is 2.29. The Kier molecular flexibility index (Phi) is 3.71. The first-order chi connectivity index (χ1) is 8.84. The van der Waals surface area contributed by atoms with Gasteiger partial charge in [0.2, 0.25) is 0 Å². The molecule has 0 aliphatic rings. The van der Waals surface area contributed by atoms with Gasteiger partial charge in [0, 0.05) is 12.1 Å². The SMILES string of the molecule is Cc1cc(=S)nc(Cc2cccc(C(F)(F)F)c2)[nH]1. The van der Waals surface area contributed by atoms with Crippen molar-refractivity contribution in [2.45, 2.75) is 19.5 Å². The number of aromatic amines is 1. The summed E-state index contributed by atoms with van der Waals surface area (Å²) in [7, 11) is 0. The monoisotopic (exact) mass is 284 g/mol. The van der Waals surface area contributed by atoms with Crippen molar-refractivity contribution in [2.75, 3.05) is 0 Å². The number of aryl methyl sites for hydroxylation is 1. The second kappa shape index (κ2) is 5.13. The highest BCUT2D eigenvalue weighted by molar-refractivity contribution is 7.71. The Balaban J connectivity index is 2.31. The number of H-pyrrole nitrogens is 1. The van der Waals surface area contributed by atoms with Crippen LogP contribution < -0.4 is 0 Å². The molecule has 0 amide bonds. The highest BCUT2D eigenvalue weighted by Gasteiger charge is 2.30. The van der Waals surface area contributed by atoms with Crippen molar-refractivity contribution in [3.05, 3.63) is 57.6 Å². The van der Waals surface area contributed by atoms with Crippen LogP contribution >= 0.6 is 12.2 Å². The summed E-state index contributed by atoms with van der Waals surface area (Å²) < 4.78 is 38.2. The molecule has 1 N–H and O–H groups in total. The van der Waals surface area contributed by atoms with E-state index in [1.54, 1.807) is 12.1 Å². The van der Waals surface area contributed by atoms with Crippen molar-refractivity contribution in [1.29, 1.82) is 0 Å². The predicted octanol–water partition coefficient (Wildman–Crippen LogP) is 4.06. The lowest BCUT2D eigenvalue weighted by atomic mass is 10.1. The van der Waals surface area contributed by atoms with E-state index in [2.05, 4.69) is 9.97 Å². The van der Waals surface area contributed by atoms with Gasteiger partial charge < -0.3 is 4.98 Å². The first-order valence-electron chi connectivity index (χ1n) is 5.57. The fourth-order valence-electron chi connectivity index (χ4n) is 1.78. The molecule has 2 aromatic rings. The number of aromatic nitrogens is 2. The van der Waals surface area contributed by atoms with Crippen molar-refractivity contribution in [1.82, 2.24) is 9.97 Å². The largest absolute Gasteiger partial charge is 0.416 e. The van der Waals surface area contributed by atoms with Crippen LogP contribution in [0.4, 0.5) is 13.2 Å². The van der Waals surface area contributed by atoms with Crippen LogP contribution in [0.1, 0.15) is 22.6 Å². The molecule has 2 nitrogen and oxygen atoms in total. The van der Waals surface area contributed by atoms with Gasteiger partial charge in [-0.15, -0.1) is 0 Å². The number of alkyl halides is 3. The fraction of sp³-hybridized carbons (Fsp3) is 0.231. The van der Waals surface area contributed by atoms with Gasteiger partial charge in [-0.3, -0.25) is 0 Å². The highest BCUT2D eigenvalue weighted by atomic mass is 32.1. The van der Waals surface area contributed by atoms with Crippen molar-refractivity contribution in [3.63, 3.8) is 0 Å². The molecule has 0 saturated carbocycles. The molecule has 0 unspecified atom stereocenters. The minimum Gasteiger partial charge on any atom is -0.347 e. The summed E-state index contributed by atoms with van der Waals surface area (Å²) in [6, 6.07) is 6.90. The van der Waals surface area contributed by atoms with Gasteiger partial charge in [0.15, 0.2) is 0 Å². The lowest BCUT2D eigenvalue weighted by molar-refractivity contribution is -0.137. The molecule has 0 spiro atoms. The summed E-state index contributed by atoms with van der Waals surface area (Å²) >= 11 is 4.98. The van der Waals surface area contributed by atoms with Crippen molar-refractivity contribution in [3.8, 4) is 0 Å². The molecule has 1 heterocycles. The molecular formula is C13H11F3N2S. The number of benzene rings is 1. The van der Waals surface area contributed by atoms with Crippen LogP contribution in [0.5, 0.6) is 0 Å². The second-order valence-corrected chi connectivity index (χ2v) is 4.64. The van der Waals surface area contributed by atoms with E-state index in [4.69, 9.17) is 12.2 Å². The standard InChI is InChI=1S/C13H11F3N2S/c1-8-5-12(19)18-11(17-8)7-9-3-2-4-10(6-9)13(14,15)16/h2-6H,7H2,1H3,(H,17,18,19). The summed E-state index contributed by atoms with van der Waals surface area (Å²) in [5.74, 6) is 0.560. The number of hydrogen-bond donors (Lipinski definition) is 1. The van der Waals surface area contributed by atoms with Crippen LogP contribution in [0.15, 0.2) is 30.3 Å². The molecule has 19 heavy (non-hydrogen) atoms. The quantitative estimate of drug-likeness (QED) is 0.843. The number of hydrogen-bond acceptors (Lipinski definition) is 2. The van der Waals surface area contributed by atoms with E-state index < -0.39 is 11.7 Å². The molecule has 2 rings (SSSR count). The summed E-state index contributed by atoms with van der Waals surface area (Å²) in [5, 5.41) is 0. The molecule has 0 saturated heterocycles. The number of nitrogens with zero attached hydrogens (tertiary/aromatic N) is 1. The molecule has 0 bridgehead atoms. The summed E-state index contributed by atoms with van der Waals surface area (Å²) in [5.41, 5.74) is 0.719. The first-order valence-corrected chi connectivity index (χ1v) is 5.98. The van der Waals surface area contributed by atoms with E-state index in [1.165, 1.54) is 6.07 Å². The zero-order valence-corrected chi connectivity index (χ0v) is 10.9. The predicted molar refractivity (Wildman–Crippen MR) is 68.4 cm³/mol.